The number of anilines is 1. The molecule has 1 atom stereocenters. The summed E-state index contributed by atoms with van der Waals surface area (Å²) in [5.74, 6) is 1.66. The Labute approximate surface area is 166 Å². The Kier molecular flexibility index (Phi) is 6.29. The number of nitrogens with one attached hydrogen (secondary N) is 1. The molecule has 6 heteroatoms. The molecule has 0 aromatic carbocycles. The van der Waals surface area contributed by atoms with Crippen LogP contribution in [-0.4, -0.2) is 21.8 Å². The average Bonchev–Trinajstić information content (AvgIpc) is 3.51. The molecule has 1 saturated carbocycles. The summed E-state index contributed by atoms with van der Waals surface area (Å²) in [4.78, 5) is 21.0. The lowest BCUT2D eigenvalue weighted by Crippen LogP contribution is -2.18. The zero-order valence-electron chi connectivity index (χ0n) is 16.9. The van der Waals surface area contributed by atoms with E-state index in [4.69, 9.17) is 5.73 Å². The van der Waals surface area contributed by atoms with Gasteiger partial charge in [-0.15, -0.1) is 0 Å². The summed E-state index contributed by atoms with van der Waals surface area (Å²) in [6, 6.07) is 7.72. The molecule has 1 aliphatic carbocycles. The molecule has 28 heavy (non-hydrogen) atoms. The molecule has 0 saturated heterocycles. The van der Waals surface area contributed by atoms with Gasteiger partial charge < -0.3 is 15.6 Å². The molecule has 1 aliphatic rings. The zero-order valence-corrected chi connectivity index (χ0v) is 16.9. The summed E-state index contributed by atoms with van der Waals surface area (Å²) in [5.41, 5.74) is 9.19. The van der Waals surface area contributed by atoms with E-state index in [-0.39, 0.29) is 5.56 Å². The summed E-state index contributed by atoms with van der Waals surface area (Å²) in [7, 11) is 0. The van der Waals surface area contributed by atoms with E-state index in [2.05, 4.69) is 22.2 Å². The second-order valence-corrected chi connectivity index (χ2v) is 7.40. The molecule has 6 nitrogen and oxygen atoms in total. The minimum Gasteiger partial charge on any atom is -0.404 e. The van der Waals surface area contributed by atoms with Gasteiger partial charge in [-0.1, -0.05) is 6.92 Å². The van der Waals surface area contributed by atoms with Crippen LogP contribution in [-0.2, 0) is 6.54 Å². The third-order valence-electron chi connectivity index (χ3n) is 5.07. The highest BCUT2D eigenvalue weighted by Crippen LogP contribution is 2.33. The van der Waals surface area contributed by atoms with Gasteiger partial charge in [0.05, 0.1) is 5.69 Å². The predicted octanol–water partition coefficient (Wildman–Crippen LogP) is 3.87. The zero-order chi connectivity index (χ0) is 20.1. The van der Waals surface area contributed by atoms with Crippen LogP contribution in [0.5, 0.6) is 0 Å². The number of hydrogen-bond acceptors (Lipinski definition) is 5. The topological polar surface area (TPSA) is 85.3 Å². The minimum atomic E-state index is -0.0149. The van der Waals surface area contributed by atoms with Crippen molar-refractivity contribution in [1.29, 1.82) is 0 Å². The molecular weight excluding hydrogens is 350 g/mol. The molecule has 0 spiro atoms. The fourth-order valence-corrected chi connectivity index (χ4v) is 3.25. The lowest BCUT2D eigenvalue weighted by molar-refractivity contribution is 0.655. The van der Waals surface area contributed by atoms with E-state index in [1.807, 2.05) is 26.0 Å². The fraction of sp³-hybridized carbons (Fsp3) is 0.409. The number of aliphatic imine (C=N–C) groups is 1. The van der Waals surface area contributed by atoms with Crippen LogP contribution in [0.25, 0.3) is 5.57 Å². The number of nitrogens with zero attached hydrogens (tertiary/aromatic N) is 3. The van der Waals surface area contributed by atoms with Gasteiger partial charge in [0, 0.05) is 54.1 Å². The van der Waals surface area contributed by atoms with E-state index in [0.29, 0.717) is 12.6 Å². The molecule has 1 fully saturated rings. The van der Waals surface area contributed by atoms with E-state index in [0.717, 1.165) is 40.7 Å². The van der Waals surface area contributed by atoms with Crippen LogP contribution in [0.4, 0.5) is 11.5 Å². The first-order valence-corrected chi connectivity index (χ1v) is 9.92. The molecule has 0 aliphatic heterocycles. The summed E-state index contributed by atoms with van der Waals surface area (Å²) in [6.45, 7) is 6.90. The normalized spacial score (nSPS) is 15.8. The van der Waals surface area contributed by atoms with E-state index in [9.17, 15) is 4.79 Å². The largest absolute Gasteiger partial charge is 0.404 e. The first-order chi connectivity index (χ1) is 13.5. The standard InChI is InChI=1S/C22H29N5O/c1-4-11-27-14-19(7-10-22(27)28)24-13-18(12-23)20-8-9-21(26-16(20)3)25-15(2)17-5-6-17/h7-10,12-15,17H,4-6,11,23H2,1-3H3,(H,25,26). The maximum absolute atomic E-state index is 11.8. The van der Waals surface area contributed by atoms with Crippen molar-refractivity contribution in [3.8, 4) is 0 Å². The number of nitrogens with two attached hydrogens (primary N) is 1. The number of aryl methyl sites for hydroxylation is 2. The highest BCUT2D eigenvalue weighted by molar-refractivity contribution is 6.10. The smallest absolute Gasteiger partial charge is 0.250 e. The number of pyridine rings is 2. The van der Waals surface area contributed by atoms with E-state index >= 15 is 0 Å². The molecule has 0 radical (unpaired) electrons. The van der Waals surface area contributed by atoms with Gasteiger partial charge in [0.2, 0.25) is 0 Å². The van der Waals surface area contributed by atoms with Crippen molar-refractivity contribution in [2.75, 3.05) is 5.32 Å². The van der Waals surface area contributed by atoms with Crippen LogP contribution in [0.15, 0.2) is 46.4 Å². The monoisotopic (exact) mass is 379 g/mol. The Morgan fingerprint density at radius 3 is 2.82 bits per heavy atom. The third kappa shape index (κ3) is 4.88. The molecule has 0 amide bonds. The summed E-state index contributed by atoms with van der Waals surface area (Å²) in [6.07, 6.45) is 8.52. The summed E-state index contributed by atoms with van der Waals surface area (Å²) >= 11 is 0. The summed E-state index contributed by atoms with van der Waals surface area (Å²) in [5, 5.41) is 3.48. The Bertz CT molecular complexity index is 940. The molecule has 2 heterocycles. The van der Waals surface area contributed by atoms with Crippen LogP contribution < -0.4 is 16.6 Å². The van der Waals surface area contributed by atoms with Gasteiger partial charge in [0.1, 0.15) is 5.82 Å². The van der Waals surface area contributed by atoms with Crippen LogP contribution in [0, 0.1) is 12.8 Å². The Morgan fingerprint density at radius 2 is 2.18 bits per heavy atom. The fourth-order valence-electron chi connectivity index (χ4n) is 3.25. The predicted molar refractivity (Wildman–Crippen MR) is 116 cm³/mol. The van der Waals surface area contributed by atoms with Gasteiger partial charge in [0.15, 0.2) is 0 Å². The van der Waals surface area contributed by atoms with Crippen molar-refractivity contribution in [3.63, 3.8) is 0 Å². The molecule has 148 valence electrons. The molecule has 2 aromatic heterocycles. The van der Waals surface area contributed by atoms with Crippen LogP contribution in [0.2, 0.25) is 0 Å². The molecular formula is C22H29N5O. The van der Waals surface area contributed by atoms with Gasteiger partial charge in [-0.25, -0.2) is 4.98 Å². The van der Waals surface area contributed by atoms with E-state index in [1.165, 1.54) is 19.0 Å². The SMILES string of the molecule is CCCn1cc(N=CC(=CN)c2ccc(NC(C)C3CC3)nc2C)ccc1=O. The van der Waals surface area contributed by atoms with Gasteiger partial charge in [0.25, 0.3) is 5.56 Å². The maximum atomic E-state index is 11.8. The molecule has 3 N–H and O–H groups in total. The Balaban J connectivity index is 1.77. The molecule has 1 unspecified atom stereocenters. The van der Waals surface area contributed by atoms with Crippen molar-refractivity contribution in [2.24, 2.45) is 16.6 Å². The van der Waals surface area contributed by atoms with Gasteiger partial charge in [-0.2, -0.15) is 0 Å². The number of aromatic nitrogens is 2. The maximum Gasteiger partial charge on any atom is 0.250 e. The molecule has 2 aromatic rings. The quantitative estimate of drug-likeness (QED) is 0.682. The Hall–Kier alpha value is -2.89. The van der Waals surface area contributed by atoms with Crippen LogP contribution >= 0.6 is 0 Å². The highest BCUT2D eigenvalue weighted by Gasteiger charge is 2.28. The van der Waals surface area contributed by atoms with Crippen molar-refractivity contribution in [2.45, 2.75) is 52.6 Å². The second-order valence-electron chi connectivity index (χ2n) is 7.40. The highest BCUT2D eigenvalue weighted by atomic mass is 16.1. The third-order valence-corrected chi connectivity index (χ3v) is 5.07. The van der Waals surface area contributed by atoms with Crippen molar-refractivity contribution >= 4 is 23.3 Å². The lowest BCUT2D eigenvalue weighted by atomic mass is 10.1. The van der Waals surface area contributed by atoms with Crippen molar-refractivity contribution in [1.82, 2.24) is 9.55 Å². The molecule has 0 bridgehead atoms. The molecule has 3 rings (SSSR count). The van der Waals surface area contributed by atoms with Crippen molar-refractivity contribution < 1.29 is 0 Å². The number of allylic oxidation sites excluding steroid dienone is 1. The van der Waals surface area contributed by atoms with Crippen molar-refractivity contribution in [3.05, 3.63) is 58.3 Å². The van der Waals surface area contributed by atoms with Crippen LogP contribution in [0.3, 0.4) is 0 Å². The van der Waals surface area contributed by atoms with E-state index in [1.54, 1.807) is 29.1 Å². The first-order valence-electron chi connectivity index (χ1n) is 9.92. The average molecular weight is 380 g/mol. The first kappa shape index (κ1) is 19.9. The van der Waals surface area contributed by atoms with Gasteiger partial charge in [-0.3, -0.25) is 9.79 Å². The van der Waals surface area contributed by atoms with Gasteiger partial charge in [-0.05, 0) is 57.2 Å². The Morgan fingerprint density at radius 1 is 1.39 bits per heavy atom. The van der Waals surface area contributed by atoms with E-state index < -0.39 is 0 Å². The lowest BCUT2D eigenvalue weighted by Gasteiger charge is -2.15. The van der Waals surface area contributed by atoms with Gasteiger partial charge >= 0.3 is 0 Å². The number of hydrogen-bond donors (Lipinski definition) is 2. The summed E-state index contributed by atoms with van der Waals surface area (Å²) < 4.78 is 1.67. The number of rotatable bonds is 8. The van der Waals surface area contributed by atoms with Crippen LogP contribution in [0.1, 0.15) is 44.4 Å². The minimum absolute atomic E-state index is 0.0149. The second kappa shape index (κ2) is 8.87.